The quantitative estimate of drug-likeness (QED) is 0.599. The lowest BCUT2D eigenvalue weighted by atomic mass is 10.1. The van der Waals surface area contributed by atoms with Gasteiger partial charge in [-0.1, -0.05) is 24.3 Å². The van der Waals surface area contributed by atoms with Crippen molar-refractivity contribution < 1.29 is 22.3 Å². The van der Waals surface area contributed by atoms with Crippen LogP contribution >= 0.6 is 0 Å². The molecule has 2 aromatic carbocycles. The number of benzene rings is 2. The van der Waals surface area contributed by atoms with Crippen molar-refractivity contribution in [2.24, 2.45) is 7.05 Å². The molecule has 0 amide bonds. The Bertz CT molecular complexity index is 1150. The molecule has 0 aliphatic heterocycles. The number of ketones is 1. The van der Waals surface area contributed by atoms with Gasteiger partial charge in [0.1, 0.15) is 11.6 Å². The van der Waals surface area contributed by atoms with Crippen molar-refractivity contribution in [3.63, 3.8) is 0 Å². The van der Waals surface area contributed by atoms with Crippen molar-refractivity contribution in [2.45, 2.75) is 6.42 Å². The number of sulfonamides is 1. The van der Waals surface area contributed by atoms with Gasteiger partial charge in [-0.3, -0.25) is 9.52 Å². The number of ether oxygens (including phenoxy) is 1. The lowest BCUT2D eigenvalue weighted by Crippen LogP contribution is -2.11. The van der Waals surface area contributed by atoms with E-state index in [1.165, 1.54) is 17.7 Å². The van der Waals surface area contributed by atoms with E-state index in [9.17, 15) is 17.6 Å². The van der Waals surface area contributed by atoms with Crippen LogP contribution in [-0.2, 0) is 23.5 Å². The third-order valence-electron chi connectivity index (χ3n) is 4.52. The summed E-state index contributed by atoms with van der Waals surface area (Å²) in [6.07, 6.45) is 1.32. The molecule has 3 aromatic rings. The zero-order chi connectivity index (χ0) is 21.2. The number of halogens is 1. The van der Waals surface area contributed by atoms with E-state index in [-0.39, 0.29) is 17.9 Å². The maximum Gasteiger partial charge on any atom is 0.229 e. The monoisotopic (exact) mass is 416 g/mol. The number of nitrogens with one attached hydrogen (secondary N) is 1. The third kappa shape index (κ3) is 4.65. The van der Waals surface area contributed by atoms with Crippen LogP contribution in [0.1, 0.15) is 27.3 Å². The summed E-state index contributed by atoms with van der Waals surface area (Å²) < 4.78 is 46.3. The second-order valence-electron chi connectivity index (χ2n) is 6.66. The molecule has 1 aromatic heterocycles. The van der Waals surface area contributed by atoms with Gasteiger partial charge in [-0.2, -0.15) is 0 Å². The minimum atomic E-state index is -3.36. The maximum atomic E-state index is 14.6. The second kappa shape index (κ2) is 8.08. The molecule has 0 aliphatic carbocycles. The molecule has 0 saturated heterocycles. The average Bonchev–Trinajstić information content (AvgIpc) is 2.96. The van der Waals surface area contributed by atoms with Crippen LogP contribution in [0.25, 0.3) is 0 Å². The van der Waals surface area contributed by atoms with Gasteiger partial charge in [0.15, 0.2) is 0 Å². The van der Waals surface area contributed by atoms with Crippen molar-refractivity contribution in [3.8, 4) is 5.75 Å². The maximum absolute atomic E-state index is 14.6. The highest BCUT2D eigenvalue weighted by Crippen LogP contribution is 2.25. The van der Waals surface area contributed by atoms with Crippen LogP contribution in [0, 0.1) is 5.82 Å². The predicted molar refractivity (Wildman–Crippen MR) is 110 cm³/mol. The van der Waals surface area contributed by atoms with E-state index < -0.39 is 15.8 Å². The number of carbonyl (C=O) groups is 1. The van der Waals surface area contributed by atoms with Crippen molar-refractivity contribution in [2.75, 3.05) is 18.1 Å². The highest BCUT2D eigenvalue weighted by Gasteiger charge is 2.21. The molecular weight excluding hydrogens is 395 g/mol. The van der Waals surface area contributed by atoms with Crippen LogP contribution in [0.4, 0.5) is 10.1 Å². The highest BCUT2D eigenvalue weighted by molar-refractivity contribution is 7.92. The number of methoxy groups -OCH3 is 1. The largest absolute Gasteiger partial charge is 0.496 e. The molecule has 0 bridgehead atoms. The van der Waals surface area contributed by atoms with Gasteiger partial charge >= 0.3 is 0 Å². The predicted octanol–water partition coefficient (Wildman–Crippen LogP) is 3.37. The molecule has 0 spiro atoms. The first-order chi connectivity index (χ1) is 13.7. The number of carbonyl (C=O) groups excluding carboxylic acids is 1. The molecule has 0 aliphatic rings. The molecule has 152 valence electrons. The van der Waals surface area contributed by atoms with E-state index in [0.717, 1.165) is 11.8 Å². The van der Waals surface area contributed by atoms with Crippen LogP contribution in [-0.4, -0.2) is 32.1 Å². The number of anilines is 1. The van der Waals surface area contributed by atoms with E-state index in [1.807, 2.05) is 0 Å². The topological polar surface area (TPSA) is 77.4 Å². The Balaban J connectivity index is 1.87. The first-order valence-electron chi connectivity index (χ1n) is 8.78. The minimum absolute atomic E-state index is 0.220. The first-order valence-corrected chi connectivity index (χ1v) is 10.7. The van der Waals surface area contributed by atoms with E-state index in [1.54, 1.807) is 55.6 Å². The average molecular weight is 416 g/mol. The Labute approximate surface area is 169 Å². The van der Waals surface area contributed by atoms with Gasteiger partial charge < -0.3 is 9.30 Å². The van der Waals surface area contributed by atoms with Crippen molar-refractivity contribution >= 4 is 21.5 Å². The zero-order valence-corrected chi connectivity index (χ0v) is 17.1. The van der Waals surface area contributed by atoms with Gasteiger partial charge in [0, 0.05) is 25.2 Å². The number of para-hydroxylation sites is 1. The normalized spacial score (nSPS) is 11.3. The molecule has 0 fully saturated rings. The summed E-state index contributed by atoms with van der Waals surface area (Å²) in [6, 6.07) is 14.7. The number of hydrogen-bond acceptors (Lipinski definition) is 4. The van der Waals surface area contributed by atoms with Crippen molar-refractivity contribution in [1.29, 1.82) is 0 Å². The molecule has 29 heavy (non-hydrogen) atoms. The SMILES string of the molecule is COc1ccccc1C(=O)c1cc(F)c(Cc2ccc(NS(C)(=O)=O)cc2)n1C. The summed E-state index contributed by atoms with van der Waals surface area (Å²) in [5.74, 6) is -0.387. The fraction of sp³-hybridized carbons (Fsp3) is 0.190. The van der Waals surface area contributed by atoms with E-state index in [4.69, 9.17) is 4.74 Å². The fourth-order valence-electron chi connectivity index (χ4n) is 3.09. The minimum Gasteiger partial charge on any atom is -0.496 e. The lowest BCUT2D eigenvalue weighted by Gasteiger charge is -2.10. The standard InChI is InChI=1S/C21H21FN2O4S/c1-24-18(12-14-8-10-15(11-9-14)23-29(3,26)27)17(22)13-19(24)21(25)16-6-4-5-7-20(16)28-2/h4-11,13,23H,12H2,1-3H3. The zero-order valence-electron chi connectivity index (χ0n) is 16.3. The van der Waals surface area contributed by atoms with E-state index in [2.05, 4.69) is 4.72 Å². The Morgan fingerprint density at radius 1 is 1.14 bits per heavy atom. The number of rotatable bonds is 7. The van der Waals surface area contributed by atoms with Gasteiger partial charge in [0.2, 0.25) is 15.8 Å². The van der Waals surface area contributed by atoms with Gasteiger partial charge in [-0.25, -0.2) is 12.8 Å². The molecule has 1 heterocycles. The first kappa shape index (κ1) is 20.6. The van der Waals surface area contributed by atoms with E-state index in [0.29, 0.717) is 22.7 Å². The Morgan fingerprint density at radius 2 is 1.79 bits per heavy atom. The number of hydrogen-bond donors (Lipinski definition) is 1. The summed E-state index contributed by atoms with van der Waals surface area (Å²) in [4.78, 5) is 12.9. The molecular formula is C21H21FN2O4S. The number of aromatic nitrogens is 1. The molecule has 0 unspecified atom stereocenters. The van der Waals surface area contributed by atoms with Crippen molar-refractivity contribution in [1.82, 2.24) is 4.57 Å². The molecule has 3 rings (SSSR count). The lowest BCUT2D eigenvalue weighted by molar-refractivity contribution is 0.102. The van der Waals surface area contributed by atoms with Crippen LogP contribution < -0.4 is 9.46 Å². The third-order valence-corrected chi connectivity index (χ3v) is 5.12. The summed E-state index contributed by atoms with van der Waals surface area (Å²) in [5, 5.41) is 0. The molecule has 6 nitrogen and oxygen atoms in total. The smallest absolute Gasteiger partial charge is 0.229 e. The summed E-state index contributed by atoms with van der Waals surface area (Å²) in [7, 11) is -0.245. The van der Waals surface area contributed by atoms with Crippen LogP contribution in [0.2, 0.25) is 0 Å². The van der Waals surface area contributed by atoms with Crippen LogP contribution in [0.3, 0.4) is 0 Å². The fourth-order valence-corrected chi connectivity index (χ4v) is 3.66. The van der Waals surface area contributed by atoms with Crippen LogP contribution in [0.15, 0.2) is 54.6 Å². The van der Waals surface area contributed by atoms with Gasteiger partial charge in [-0.15, -0.1) is 0 Å². The van der Waals surface area contributed by atoms with E-state index >= 15 is 0 Å². The Hall–Kier alpha value is -3.13. The molecule has 0 atom stereocenters. The van der Waals surface area contributed by atoms with Gasteiger partial charge in [-0.05, 0) is 29.8 Å². The summed E-state index contributed by atoms with van der Waals surface area (Å²) >= 11 is 0. The molecule has 0 saturated carbocycles. The van der Waals surface area contributed by atoms with Crippen molar-refractivity contribution in [3.05, 3.63) is 82.9 Å². The molecule has 0 radical (unpaired) electrons. The Morgan fingerprint density at radius 3 is 2.41 bits per heavy atom. The van der Waals surface area contributed by atoms with Crippen LogP contribution in [0.5, 0.6) is 5.75 Å². The number of nitrogens with zero attached hydrogens (tertiary/aromatic N) is 1. The van der Waals surface area contributed by atoms with Gasteiger partial charge in [0.05, 0.1) is 30.3 Å². The summed E-state index contributed by atoms with van der Waals surface area (Å²) in [6.45, 7) is 0. The molecule has 1 N–H and O–H groups in total. The van der Waals surface area contributed by atoms with Gasteiger partial charge in [0.25, 0.3) is 0 Å². The molecule has 8 heteroatoms. The summed E-state index contributed by atoms with van der Waals surface area (Å²) in [5.41, 5.74) is 2.14. The highest BCUT2D eigenvalue weighted by atomic mass is 32.2. The Kier molecular flexibility index (Phi) is 5.74. The second-order valence-corrected chi connectivity index (χ2v) is 8.41.